The van der Waals surface area contributed by atoms with Gasteiger partial charge in [0, 0.05) is 61.6 Å². The van der Waals surface area contributed by atoms with Gasteiger partial charge in [-0.25, -0.2) is 4.98 Å². The topological polar surface area (TPSA) is 120 Å². The monoisotopic (exact) mass is 631 g/mol. The number of carbonyl (C=O) groups is 3. The summed E-state index contributed by atoms with van der Waals surface area (Å²) in [4.78, 5) is 52.8. The van der Waals surface area contributed by atoms with Gasteiger partial charge < -0.3 is 25.8 Å². The molecule has 226 valence electrons. The lowest BCUT2D eigenvalue weighted by atomic mass is 10.0. The van der Waals surface area contributed by atoms with E-state index in [1.54, 1.807) is 71.9 Å². The van der Waals surface area contributed by atoms with E-state index in [0.29, 0.717) is 33.3 Å². The molecule has 10 nitrogen and oxygen atoms in total. The number of aromatic nitrogens is 2. The minimum absolute atomic E-state index is 0. The number of halogens is 2. The van der Waals surface area contributed by atoms with Gasteiger partial charge in [-0.15, -0.1) is 12.4 Å². The zero-order valence-electron chi connectivity index (χ0n) is 23.7. The fraction of sp³-hybridized carbons (Fsp3) is 0.219. The van der Waals surface area contributed by atoms with Crippen molar-refractivity contribution in [3.05, 3.63) is 113 Å². The van der Waals surface area contributed by atoms with Crippen LogP contribution in [-0.4, -0.2) is 64.8 Å². The Morgan fingerprint density at radius 3 is 2.48 bits per heavy atom. The minimum atomic E-state index is -0.813. The Kier molecular flexibility index (Phi) is 9.74. The average Bonchev–Trinajstić information content (AvgIpc) is 3.12. The molecule has 0 aliphatic carbocycles. The maximum Gasteiger partial charge on any atom is 0.256 e. The average molecular weight is 633 g/mol. The molecule has 4 heterocycles. The van der Waals surface area contributed by atoms with E-state index in [1.807, 2.05) is 18.2 Å². The van der Waals surface area contributed by atoms with Gasteiger partial charge in [-0.2, -0.15) is 0 Å². The molecule has 2 aliphatic rings. The van der Waals surface area contributed by atoms with E-state index in [2.05, 4.69) is 30.8 Å². The van der Waals surface area contributed by atoms with Gasteiger partial charge in [0.2, 0.25) is 5.91 Å². The van der Waals surface area contributed by atoms with Crippen LogP contribution < -0.4 is 20.9 Å². The molecule has 2 aromatic heterocycles. The van der Waals surface area contributed by atoms with Crippen molar-refractivity contribution in [3.63, 3.8) is 0 Å². The second kappa shape index (κ2) is 13.9. The third-order valence-corrected chi connectivity index (χ3v) is 7.81. The first-order valence-corrected chi connectivity index (χ1v) is 14.5. The largest absolute Gasteiger partial charge is 0.368 e. The number of rotatable bonds is 7. The molecule has 0 radical (unpaired) electrons. The summed E-state index contributed by atoms with van der Waals surface area (Å²) in [5.41, 5.74) is 3.64. The first kappa shape index (κ1) is 30.9. The highest BCUT2D eigenvalue weighted by Gasteiger charge is 2.36. The summed E-state index contributed by atoms with van der Waals surface area (Å²) < 4.78 is 0. The maximum absolute atomic E-state index is 13.8. The van der Waals surface area contributed by atoms with Gasteiger partial charge in [-0.3, -0.25) is 19.4 Å². The fourth-order valence-electron chi connectivity index (χ4n) is 5.28. The fourth-order valence-corrected chi connectivity index (χ4v) is 5.45. The van der Waals surface area contributed by atoms with Crippen molar-refractivity contribution in [3.8, 4) is 0 Å². The number of benzene rings is 2. The number of hydrogen-bond donors (Lipinski definition) is 3. The summed E-state index contributed by atoms with van der Waals surface area (Å²) in [7, 11) is 0. The number of carbonyl (C=O) groups excluding carboxylic acids is 3. The van der Waals surface area contributed by atoms with Crippen LogP contribution in [-0.2, 0) is 17.8 Å². The van der Waals surface area contributed by atoms with E-state index in [4.69, 9.17) is 11.6 Å². The molecule has 3 amide bonds. The van der Waals surface area contributed by atoms with Crippen LogP contribution in [0.25, 0.3) is 0 Å². The van der Waals surface area contributed by atoms with Gasteiger partial charge in [-0.1, -0.05) is 29.8 Å². The number of nitrogens with zero attached hydrogens (tertiary/aromatic N) is 4. The summed E-state index contributed by atoms with van der Waals surface area (Å²) in [6.45, 7) is 3.85. The van der Waals surface area contributed by atoms with Gasteiger partial charge in [-0.05, 0) is 60.2 Å². The summed E-state index contributed by atoms with van der Waals surface area (Å²) in [6.07, 6.45) is 3.66. The lowest BCUT2D eigenvalue weighted by Gasteiger charge is -2.29. The molecule has 1 fully saturated rings. The number of hydrogen-bond acceptors (Lipinski definition) is 7. The molecular weight excluding hydrogens is 601 g/mol. The lowest BCUT2D eigenvalue weighted by Crippen LogP contribution is -2.46. The standard InChI is InChI=1S/C32H30ClN7O3.ClH/c33-23-8-10-26-27(17-23)37-31(42)28(18-24-3-1-2-12-35-24)40(32(26)43)20-21-4-6-22(7-5-21)30(41)38-29-11-9-25(19-36-29)39-15-13-34-14-16-39;/h1-12,17,19,28,34H,13-16,18,20H2,(H,37,42)(H,36,38,41);1H. The van der Waals surface area contributed by atoms with Crippen molar-refractivity contribution in [1.82, 2.24) is 20.2 Å². The second-order valence-electron chi connectivity index (χ2n) is 10.4. The van der Waals surface area contributed by atoms with Crippen molar-refractivity contribution in [2.45, 2.75) is 19.0 Å². The molecule has 1 unspecified atom stereocenters. The van der Waals surface area contributed by atoms with Crippen LogP contribution in [0.15, 0.2) is 85.2 Å². The highest BCUT2D eigenvalue weighted by Crippen LogP contribution is 2.29. The van der Waals surface area contributed by atoms with Crippen LogP contribution >= 0.6 is 24.0 Å². The van der Waals surface area contributed by atoms with Crippen LogP contribution in [0.5, 0.6) is 0 Å². The highest BCUT2D eigenvalue weighted by molar-refractivity contribution is 6.31. The Balaban J connectivity index is 0.00000384. The van der Waals surface area contributed by atoms with Gasteiger partial charge in [0.05, 0.1) is 23.1 Å². The summed E-state index contributed by atoms with van der Waals surface area (Å²) in [5, 5.41) is 9.46. The summed E-state index contributed by atoms with van der Waals surface area (Å²) in [5.74, 6) is -0.460. The Morgan fingerprint density at radius 2 is 1.77 bits per heavy atom. The maximum atomic E-state index is 13.8. The minimum Gasteiger partial charge on any atom is -0.368 e. The van der Waals surface area contributed by atoms with E-state index in [0.717, 1.165) is 37.4 Å². The zero-order valence-corrected chi connectivity index (χ0v) is 25.3. The Bertz CT molecular complexity index is 1630. The smallest absolute Gasteiger partial charge is 0.256 e. The second-order valence-corrected chi connectivity index (χ2v) is 10.9. The van der Waals surface area contributed by atoms with E-state index in [-0.39, 0.29) is 43.1 Å². The molecule has 2 aliphatic heterocycles. The van der Waals surface area contributed by atoms with Gasteiger partial charge >= 0.3 is 0 Å². The molecule has 44 heavy (non-hydrogen) atoms. The third kappa shape index (κ3) is 6.99. The quantitative estimate of drug-likeness (QED) is 0.276. The number of anilines is 3. The Morgan fingerprint density at radius 1 is 0.977 bits per heavy atom. The van der Waals surface area contributed by atoms with Gasteiger partial charge in [0.15, 0.2) is 0 Å². The number of nitrogens with one attached hydrogen (secondary N) is 3. The molecular formula is C32H31Cl2N7O3. The van der Waals surface area contributed by atoms with Gasteiger partial charge in [0.1, 0.15) is 11.9 Å². The normalized spacial score (nSPS) is 16.3. The molecule has 1 atom stereocenters. The zero-order chi connectivity index (χ0) is 29.8. The summed E-state index contributed by atoms with van der Waals surface area (Å²) >= 11 is 6.16. The van der Waals surface area contributed by atoms with Crippen molar-refractivity contribution in [1.29, 1.82) is 0 Å². The number of piperazine rings is 1. The van der Waals surface area contributed by atoms with Gasteiger partial charge in [0.25, 0.3) is 11.8 Å². The van der Waals surface area contributed by atoms with Crippen molar-refractivity contribution in [2.75, 3.05) is 41.7 Å². The molecule has 0 spiro atoms. The van der Waals surface area contributed by atoms with Crippen LogP contribution in [0.2, 0.25) is 5.02 Å². The molecule has 4 aromatic rings. The third-order valence-electron chi connectivity index (χ3n) is 7.58. The predicted octanol–water partition coefficient (Wildman–Crippen LogP) is 4.42. The molecule has 6 rings (SSSR count). The van der Waals surface area contributed by atoms with E-state index >= 15 is 0 Å². The summed E-state index contributed by atoms with van der Waals surface area (Å²) in [6, 6.07) is 20.2. The molecule has 3 N–H and O–H groups in total. The Hall–Kier alpha value is -4.51. The SMILES string of the molecule is Cl.O=C(Nc1ccc(N2CCNCC2)cn1)c1ccc(CN2C(=O)c3ccc(Cl)cc3NC(=O)C2Cc2ccccn2)cc1. The van der Waals surface area contributed by atoms with Crippen LogP contribution in [0.3, 0.4) is 0 Å². The van der Waals surface area contributed by atoms with Crippen molar-refractivity contribution >= 4 is 58.9 Å². The van der Waals surface area contributed by atoms with Crippen molar-refractivity contribution in [2.24, 2.45) is 0 Å². The van der Waals surface area contributed by atoms with Crippen LogP contribution in [0.4, 0.5) is 17.2 Å². The predicted molar refractivity (Wildman–Crippen MR) is 173 cm³/mol. The van der Waals surface area contributed by atoms with E-state index < -0.39 is 6.04 Å². The molecule has 12 heteroatoms. The number of amides is 3. The highest BCUT2D eigenvalue weighted by atomic mass is 35.5. The molecule has 1 saturated heterocycles. The van der Waals surface area contributed by atoms with E-state index in [9.17, 15) is 14.4 Å². The van der Waals surface area contributed by atoms with Crippen LogP contribution in [0, 0.1) is 0 Å². The molecule has 0 bridgehead atoms. The first-order chi connectivity index (χ1) is 20.9. The number of fused-ring (bicyclic) bond motifs is 1. The van der Waals surface area contributed by atoms with E-state index in [1.165, 1.54) is 0 Å². The first-order valence-electron chi connectivity index (χ1n) is 14.1. The lowest BCUT2D eigenvalue weighted by molar-refractivity contribution is -0.120. The Labute approximate surface area is 266 Å². The molecule has 0 saturated carbocycles. The van der Waals surface area contributed by atoms with Crippen molar-refractivity contribution < 1.29 is 14.4 Å². The van der Waals surface area contributed by atoms with Crippen LogP contribution in [0.1, 0.15) is 32.0 Å². The number of pyridine rings is 2. The molecule has 2 aromatic carbocycles.